The fraction of sp³-hybridized carbons (Fsp3) is 0.357. The number of alkyl halides is 6. The van der Waals surface area contributed by atoms with Crippen molar-refractivity contribution in [3.8, 4) is 33.6 Å². The number of phenols is 2. The highest BCUT2D eigenvalue weighted by molar-refractivity contribution is 7.15. The van der Waals surface area contributed by atoms with Crippen molar-refractivity contribution in [2.24, 2.45) is 10.9 Å². The third-order valence-corrected chi connectivity index (χ3v) is 15.4. The first-order valence-electron chi connectivity index (χ1n) is 25.5. The molecular formula is C56H57ClF6N10O6S. The van der Waals surface area contributed by atoms with Crippen molar-refractivity contribution in [1.29, 1.82) is 0 Å². The monoisotopic (exact) mass is 1150 g/mol. The summed E-state index contributed by atoms with van der Waals surface area (Å²) in [6, 6.07) is 25.2. The Morgan fingerprint density at radius 2 is 1.50 bits per heavy atom. The first kappa shape index (κ1) is 58.5. The molecule has 7 aromatic rings. The van der Waals surface area contributed by atoms with E-state index in [9.17, 15) is 46.1 Å². The van der Waals surface area contributed by atoms with E-state index in [1.807, 2.05) is 86.1 Å². The van der Waals surface area contributed by atoms with Crippen LogP contribution < -0.4 is 10.6 Å². The number of aromatic hydroxyl groups is 2. The van der Waals surface area contributed by atoms with Crippen molar-refractivity contribution >= 4 is 46.4 Å². The third-order valence-electron chi connectivity index (χ3n) is 14.0. The Balaban J connectivity index is 0.00000113. The van der Waals surface area contributed by atoms with E-state index in [0.29, 0.717) is 28.0 Å². The quantitative estimate of drug-likeness (QED) is 0.0646. The van der Waals surface area contributed by atoms with Crippen LogP contribution in [0.25, 0.3) is 22.1 Å². The lowest BCUT2D eigenvalue weighted by Gasteiger charge is -2.32. The molecule has 0 saturated carbocycles. The summed E-state index contributed by atoms with van der Waals surface area (Å²) >= 11 is 7.96. The number of piperidine rings is 1. The van der Waals surface area contributed by atoms with Crippen LogP contribution in [0.4, 0.5) is 26.3 Å². The largest absolute Gasteiger partial charge is 0.508 e. The molecule has 9 rings (SSSR count). The highest BCUT2D eigenvalue weighted by atomic mass is 35.5. The van der Waals surface area contributed by atoms with Gasteiger partial charge in [-0.3, -0.25) is 28.6 Å². The smallest absolute Gasteiger partial charge is 0.490 e. The van der Waals surface area contributed by atoms with Crippen molar-refractivity contribution < 1.29 is 56.0 Å². The zero-order chi connectivity index (χ0) is 58.0. The normalized spacial score (nSPS) is 15.3. The number of phenolic OH excluding ortho intramolecular Hbond substituents is 2. The van der Waals surface area contributed by atoms with Gasteiger partial charge in [0.2, 0.25) is 11.7 Å². The molecule has 0 bridgehead atoms. The number of nitrogens with one attached hydrogen (secondary N) is 2. The second kappa shape index (κ2) is 24.0. The second-order valence-corrected chi connectivity index (χ2v) is 21.7. The Morgan fingerprint density at radius 1 is 0.825 bits per heavy atom. The summed E-state index contributed by atoms with van der Waals surface area (Å²) in [5, 5.41) is 52.3. The predicted molar refractivity (Wildman–Crippen MR) is 289 cm³/mol. The maximum Gasteiger partial charge on any atom is 0.490 e. The number of rotatable bonds is 14. The summed E-state index contributed by atoms with van der Waals surface area (Å²) in [7, 11) is 0. The van der Waals surface area contributed by atoms with Gasteiger partial charge in [0.25, 0.3) is 5.91 Å². The number of halogens is 7. The second-order valence-electron chi connectivity index (χ2n) is 20.1. The van der Waals surface area contributed by atoms with Crippen LogP contribution in [0.15, 0.2) is 89.9 Å². The van der Waals surface area contributed by atoms with Gasteiger partial charge >= 0.3 is 18.3 Å². The Kier molecular flexibility index (Phi) is 17.5. The van der Waals surface area contributed by atoms with Crippen LogP contribution in [-0.2, 0) is 22.6 Å². The number of aryl methyl sites for hydroxylation is 2. The van der Waals surface area contributed by atoms with E-state index < -0.39 is 42.6 Å². The molecular weight excluding hydrogens is 1090 g/mol. The maximum atomic E-state index is 14.0. The van der Waals surface area contributed by atoms with Crippen molar-refractivity contribution in [3.05, 3.63) is 151 Å². The number of aliphatic imine (C=N–C) groups is 1. The molecule has 422 valence electrons. The molecule has 2 aliphatic heterocycles. The number of aliphatic carboxylic acids is 1. The Labute approximate surface area is 465 Å². The highest BCUT2D eigenvalue weighted by Gasteiger charge is 2.38. The van der Waals surface area contributed by atoms with Gasteiger partial charge in [-0.25, -0.2) is 4.79 Å². The molecule has 16 nitrogen and oxygen atoms in total. The van der Waals surface area contributed by atoms with E-state index in [4.69, 9.17) is 26.5 Å². The summed E-state index contributed by atoms with van der Waals surface area (Å²) in [6.07, 6.45) is -6.92. The van der Waals surface area contributed by atoms with Crippen LogP contribution in [0.3, 0.4) is 0 Å². The number of carboxylic acid groups (broad SMARTS) is 1. The molecule has 5 heterocycles. The molecule has 0 radical (unpaired) electrons. The molecule has 2 aliphatic rings. The number of carbonyl (C=O) groups is 3. The maximum absolute atomic E-state index is 14.0. The van der Waals surface area contributed by atoms with Crippen molar-refractivity contribution in [2.75, 3.05) is 19.6 Å². The number of hydrogen-bond donors (Lipinski definition) is 5. The topological polar surface area (TPSA) is 213 Å². The molecule has 4 aromatic carbocycles. The van der Waals surface area contributed by atoms with Gasteiger partial charge < -0.3 is 26.0 Å². The minimum Gasteiger partial charge on any atom is -0.508 e. The Hall–Kier alpha value is -7.63. The minimum atomic E-state index is -5.08. The third kappa shape index (κ3) is 13.5. The summed E-state index contributed by atoms with van der Waals surface area (Å²) < 4.78 is 74.4. The van der Waals surface area contributed by atoms with Gasteiger partial charge in [-0.15, -0.1) is 31.7 Å². The summed E-state index contributed by atoms with van der Waals surface area (Å²) in [5.41, 5.74) is 8.08. The van der Waals surface area contributed by atoms with Crippen LogP contribution in [0.2, 0.25) is 5.02 Å². The van der Waals surface area contributed by atoms with Crippen LogP contribution in [0.5, 0.6) is 11.5 Å². The van der Waals surface area contributed by atoms with Crippen LogP contribution in [-0.4, -0.2) is 105 Å². The molecule has 0 spiro atoms. The van der Waals surface area contributed by atoms with Gasteiger partial charge in [-0.05, 0) is 130 Å². The SMILES string of the molecule is Cc1sc2c(c1C)C(c1ccc(Cl)cc1)=N[C@@H](CC(=O)N[C@H](C)c1cccc(CN3CCC(Cc4ccc(-n5c(C(=O)NCC(F)(F)F)nnc5-c5cc(C(C)C)c(O)cc5O)cc4)CC3)c1)c1nnc(C)n1-2.O=C(O)C(F)(F)F. The van der Waals surface area contributed by atoms with Gasteiger partial charge in [-0.1, -0.05) is 74.0 Å². The van der Waals surface area contributed by atoms with Gasteiger partial charge in [-0.2, -0.15) is 26.3 Å². The molecule has 2 atom stereocenters. The molecule has 0 aliphatic carbocycles. The average Bonchev–Trinajstić information content (AvgIpc) is 4.07. The zero-order valence-electron chi connectivity index (χ0n) is 44.2. The first-order valence-corrected chi connectivity index (χ1v) is 26.7. The highest BCUT2D eigenvalue weighted by Crippen LogP contribution is 2.41. The fourth-order valence-corrected chi connectivity index (χ4v) is 11.1. The number of nitrogens with zero attached hydrogens (tertiary/aromatic N) is 8. The standard InChI is InChI=1S/C54H56ClF3N10O4S.C2HF3O2/c1-29(2)41-24-42(45(70)26-44(41)69)49-63-65-51(52(72)59-28-54(56,57)58)68(49)40-16-10-34(11-17-40)22-35-18-20-66(21-19-35)27-36-8-7-9-38(23-36)31(4)60-46(71)25-43-50-64-62-33(6)67(50)53-47(30(3)32(5)73-53)48(61-43)37-12-14-39(55)15-13-37;3-2(4,5)1(6)7/h7-17,23-24,26,29,31,35,43,69-70H,18-22,25,27-28H2,1-6H3,(H,59,72)(H,60,71);(H,6,7)/t31-,43+;/m1./s1. The van der Waals surface area contributed by atoms with E-state index in [1.54, 1.807) is 23.5 Å². The number of benzene rings is 4. The predicted octanol–water partition coefficient (Wildman–Crippen LogP) is 11.2. The summed E-state index contributed by atoms with van der Waals surface area (Å²) in [4.78, 5) is 44.8. The zero-order valence-corrected chi connectivity index (χ0v) is 45.8. The van der Waals surface area contributed by atoms with E-state index in [2.05, 4.69) is 56.6 Å². The first-order chi connectivity index (χ1) is 37.8. The van der Waals surface area contributed by atoms with E-state index in [0.717, 1.165) is 88.8 Å². The Bertz CT molecular complexity index is 3440. The molecule has 1 saturated heterocycles. The van der Waals surface area contributed by atoms with E-state index >= 15 is 0 Å². The molecule has 24 heteroatoms. The van der Waals surface area contributed by atoms with Gasteiger partial charge in [0, 0.05) is 39.3 Å². The number of fused-ring (bicyclic) bond motifs is 3. The number of likely N-dealkylation sites (tertiary alicyclic amines) is 1. The van der Waals surface area contributed by atoms with Crippen molar-refractivity contribution in [1.82, 2.24) is 45.1 Å². The lowest BCUT2D eigenvalue weighted by atomic mass is 9.90. The number of carboxylic acids is 1. The summed E-state index contributed by atoms with van der Waals surface area (Å²) in [5.74, 6) is -3.22. The summed E-state index contributed by atoms with van der Waals surface area (Å²) in [6.45, 7) is 12.8. The number of aromatic nitrogens is 6. The lowest BCUT2D eigenvalue weighted by Crippen LogP contribution is -2.35. The minimum absolute atomic E-state index is 0.0245. The molecule has 80 heavy (non-hydrogen) atoms. The van der Waals surface area contributed by atoms with Crippen LogP contribution >= 0.6 is 22.9 Å². The molecule has 5 N–H and O–H groups in total. The molecule has 1 fully saturated rings. The van der Waals surface area contributed by atoms with Crippen molar-refractivity contribution in [3.63, 3.8) is 0 Å². The van der Waals surface area contributed by atoms with E-state index in [1.165, 1.54) is 21.6 Å². The van der Waals surface area contributed by atoms with Gasteiger partial charge in [0.15, 0.2) is 11.6 Å². The van der Waals surface area contributed by atoms with Crippen molar-refractivity contribution in [2.45, 2.75) is 104 Å². The molecule has 0 unspecified atom stereocenters. The lowest BCUT2D eigenvalue weighted by molar-refractivity contribution is -0.192. The number of thiophene rings is 1. The van der Waals surface area contributed by atoms with Crippen LogP contribution in [0.1, 0.15) is 124 Å². The fourth-order valence-electron chi connectivity index (χ4n) is 9.72. The average molecular weight is 1150 g/mol. The number of amides is 2. The van der Waals surface area contributed by atoms with Gasteiger partial charge in [0.05, 0.1) is 23.7 Å². The van der Waals surface area contributed by atoms with Crippen LogP contribution in [0, 0.1) is 26.7 Å². The Morgan fingerprint density at radius 3 is 2.14 bits per heavy atom. The van der Waals surface area contributed by atoms with Gasteiger partial charge in [0.1, 0.15) is 34.9 Å². The van der Waals surface area contributed by atoms with E-state index in [-0.39, 0.29) is 47.2 Å². The molecule has 2 amide bonds. The molecule has 3 aromatic heterocycles. The number of carbonyl (C=O) groups excluding carboxylic acids is 2. The number of hydrogen-bond acceptors (Lipinski definition) is 12.